The largest absolute Gasteiger partial charge is 0.311 e. The zero-order valence-electron chi connectivity index (χ0n) is 15.7. The maximum absolute atomic E-state index is 12.4. The molecule has 0 fully saturated rings. The monoisotopic (exact) mass is 441 g/mol. The van der Waals surface area contributed by atoms with E-state index in [0.29, 0.717) is 45.6 Å². The van der Waals surface area contributed by atoms with Gasteiger partial charge in [0.2, 0.25) is 5.91 Å². The van der Waals surface area contributed by atoms with Crippen molar-refractivity contribution in [2.45, 2.75) is 19.4 Å². The number of carbonyl (C=O) groups excluding carboxylic acids is 1. The van der Waals surface area contributed by atoms with Crippen molar-refractivity contribution in [3.63, 3.8) is 0 Å². The molecule has 0 bridgehead atoms. The van der Waals surface area contributed by atoms with Crippen LogP contribution in [0, 0.1) is 0 Å². The number of amides is 1. The first-order valence-corrected chi connectivity index (χ1v) is 9.99. The number of halogens is 2. The zero-order valence-corrected chi connectivity index (χ0v) is 17.2. The van der Waals surface area contributed by atoms with E-state index < -0.39 is 0 Å². The average Bonchev–Trinajstić information content (AvgIpc) is 3.15. The number of aromatic amines is 1. The van der Waals surface area contributed by atoms with Crippen molar-refractivity contribution >= 4 is 45.8 Å². The molecule has 0 aliphatic carbocycles. The van der Waals surface area contributed by atoms with Crippen molar-refractivity contribution in [2.75, 3.05) is 5.32 Å². The normalized spacial score (nSPS) is 11.0. The maximum Gasteiger partial charge on any atom is 0.258 e. The fourth-order valence-corrected chi connectivity index (χ4v) is 3.53. The first kappa shape index (κ1) is 20.1. The van der Waals surface area contributed by atoms with Crippen LogP contribution in [0.25, 0.3) is 10.9 Å². The number of hydrogen-bond acceptors (Lipinski definition) is 4. The van der Waals surface area contributed by atoms with Crippen LogP contribution in [0.2, 0.25) is 10.0 Å². The molecule has 2 N–H and O–H groups in total. The minimum absolute atomic E-state index is 0.161. The first-order valence-electron chi connectivity index (χ1n) is 9.23. The lowest BCUT2D eigenvalue weighted by atomic mass is 10.2. The molecule has 7 nitrogen and oxygen atoms in total. The van der Waals surface area contributed by atoms with Gasteiger partial charge in [-0.2, -0.15) is 5.10 Å². The lowest BCUT2D eigenvalue weighted by Gasteiger charge is -2.10. The Morgan fingerprint density at radius 1 is 1.13 bits per heavy atom. The second kappa shape index (κ2) is 8.69. The third-order valence-electron chi connectivity index (χ3n) is 4.57. The van der Waals surface area contributed by atoms with Crippen LogP contribution in [0.5, 0.6) is 0 Å². The Bertz CT molecular complexity index is 1280. The molecule has 2 aromatic carbocycles. The molecule has 1 amide bonds. The summed E-state index contributed by atoms with van der Waals surface area (Å²) in [5.41, 5.74) is 1.22. The smallest absolute Gasteiger partial charge is 0.258 e. The van der Waals surface area contributed by atoms with Gasteiger partial charge in [-0.15, -0.1) is 0 Å². The Labute approximate surface area is 181 Å². The fourth-order valence-electron chi connectivity index (χ4n) is 3.07. The van der Waals surface area contributed by atoms with E-state index in [1.165, 1.54) is 0 Å². The number of aryl methyl sites for hydroxylation is 1. The Kier molecular flexibility index (Phi) is 5.83. The molecule has 0 spiro atoms. The predicted octanol–water partition coefficient (Wildman–Crippen LogP) is 4.05. The summed E-state index contributed by atoms with van der Waals surface area (Å²) in [5, 5.41) is 8.69. The summed E-state index contributed by atoms with van der Waals surface area (Å²) >= 11 is 12.2. The molecule has 0 saturated heterocycles. The van der Waals surface area contributed by atoms with Crippen LogP contribution in [0.1, 0.15) is 17.8 Å². The topological polar surface area (TPSA) is 92.7 Å². The summed E-state index contributed by atoms with van der Waals surface area (Å²) in [5.74, 6) is 0.802. The molecule has 0 unspecified atom stereocenters. The Morgan fingerprint density at radius 2 is 1.97 bits per heavy atom. The molecular formula is C21H17Cl2N5O2. The van der Waals surface area contributed by atoms with Crippen LogP contribution in [-0.4, -0.2) is 25.7 Å². The van der Waals surface area contributed by atoms with Crippen LogP contribution >= 0.6 is 23.2 Å². The SMILES string of the molecule is O=C(CCc1nc2ccccc2c(=O)[nH]1)Nc1ccnn1Cc1ccc(Cl)cc1Cl. The van der Waals surface area contributed by atoms with Crippen molar-refractivity contribution in [1.82, 2.24) is 19.7 Å². The Morgan fingerprint density at radius 3 is 2.80 bits per heavy atom. The van der Waals surface area contributed by atoms with E-state index in [1.807, 2.05) is 12.1 Å². The molecule has 0 radical (unpaired) electrons. The van der Waals surface area contributed by atoms with Crippen molar-refractivity contribution in [2.24, 2.45) is 0 Å². The van der Waals surface area contributed by atoms with Gasteiger partial charge in [0.25, 0.3) is 5.56 Å². The van der Waals surface area contributed by atoms with Crippen LogP contribution in [0.15, 0.2) is 59.5 Å². The van der Waals surface area contributed by atoms with Crippen LogP contribution in [0.3, 0.4) is 0 Å². The summed E-state index contributed by atoms with van der Waals surface area (Å²) < 4.78 is 1.64. The van der Waals surface area contributed by atoms with E-state index in [0.717, 1.165) is 5.56 Å². The van der Waals surface area contributed by atoms with Crippen molar-refractivity contribution in [1.29, 1.82) is 0 Å². The van der Waals surface area contributed by atoms with Gasteiger partial charge < -0.3 is 10.3 Å². The van der Waals surface area contributed by atoms with Crippen molar-refractivity contribution in [3.8, 4) is 0 Å². The van der Waals surface area contributed by atoms with E-state index in [2.05, 4.69) is 20.4 Å². The number of anilines is 1. The molecule has 2 heterocycles. The minimum Gasteiger partial charge on any atom is -0.311 e. The Balaban J connectivity index is 1.42. The van der Waals surface area contributed by atoms with Gasteiger partial charge in [-0.25, -0.2) is 9.67 Å². The van der Waals surface area contributed by atoms with Gasteiger partial charge in [0.05, 0.1) is 23.6 Å². The lowest BCUT2D eigenvalue weighted by Crippen LogP contribution is -2.18. The number of hydrogen-bond donors (Lipinski definition) is 2. The van der Waals surface area contributed by atoms with Crippen LogP contribution in [-0.2, 0) is 17.8 Å². The molecule has 30 heavy (non-hydrogen) atoms. The highest BCUT2D eigenvalue weighted by atomic mass is 35.5. The van der Waals surface area contributed by atoms with Gasteiger partial charge in [0.15, 0.2) is 0 Å². The highest BCUT2D eigenvalue weighted by molar-refractivity contribution is 6.35. The summed E-state index contributed by atoms with van der Waals surface area (Å²) in [6.45, 7) is 0.387. The lowest BCUT2D eigenvalue weighted by molar-refractivity contribution is -0.116. The van der Waals surface area contributed by atoms with Crippen LogP contribution in [0.4, 0.5) is 5.82 Å². The molecule has 4 aromatic rings. The second-order valence-corrected chi connectivity index (χ2v) is 7.53. The quantitative estimate of drug-likeness (QED) is 0.471. The Hall–Kier alpha value is -3.16. The van der Waals surface area contributed by atoms with Gasteiger partial charge in [-0.3, -0.25) is 9.59 Å². The summed E-state index contributed by atoms with van der Waals surface area (Å²) in [6.07, 6.45) is 2.07. The molecule has 0 atom stereocenters. The number of nitrogens with zero attached hydrogens (tertiary/aromatic N) is 3. The number of para-hydroxylation sites is 1. The van der Waals surface area contributed by atoms with E-state index in [-0.39, 0.29) is 17.9 Å². The third-order valence-corrected chi connectivity index (χ3v) is 5.16. The molecule has 2 aromatic heterocycles. The van der Waals surface area contributed by atoms with E-state index in [4.69, 9.17) is 23.2 Å². The van der Waals surface area contributed by atoms with Gasteiger partial charge in [0, 0.05) is 29.0 Å². The van der Waals surface area contributed by atoms with E-state index >= 15 is 0 Å². The second-order valence-electron chi connectivity index (χ2n) is 6.69. The van der Waals surface area contributed by atoms with Gasteiger partial charge in [0.1, 0.15) is 11.6 Å². The highest BCUT2D eigenvalue weighted by Gasteiger charge is 2.11. The zero-order chi connectivity index (χ0) is 21.1. The molecule has 9 heteroatoms. The standard InChI is InChI=1S/C21H17Cl2N5O2/c22-14-6-5-13(16(23)11-14)12-28-19(9-10-24-28)27-20(29)8-7-18-25-17-4-2-1-3-15(17)21(30)26-18/h1-6,9-11H,7-8,12H2,(H,27,29)(H,25,26,30). The molecule has 0 aliphatic heterocycles. The number of aromatic nitrogens is 4. The molecule has 152 valence electrons. The third kappa shape index (κ3) is 4.53. The number of H-pyrrole nitrogens is 1. The van der Waals surface area contributed by atoms with E-state index in [9.17, 15) is 9.59 Å². The molecule has 4 rings (SSSR count). The number of nitrogens with one attached hydrogen (secondary N) is 2. The maximum atomic E-state index is 12.4. The van der Waals surface area contributed by atoms with Gasteiger partial charge >= 0.3 is 0 Å². The van der Waals surface area contributed by atoms with Crippen LogP contribution < -0.4 is 10.9 Å². The fraction of sp³-hybridized carbons (Fsp3) is 0.143. The number of fused-ring (bicyclic) bond motifs is 1. The number of rotatable bonds is 6. The molecule has 0 saturated carbocycles. The summed E-state index contributed by atoms with van der Waals surface area (Å²) in [6, 6.07) is 14.0. The van der Waals surface area contributed by atoms with Gasteiger partial charge in [-0.05, 0) is 29.8 Å². The first-order chi connectivity index (χ1) is 14.5. The van der Waals surface area contributed by atoms with Crippen molar-refractivity contribution in [3.05, 3.63) is 86.5 Å². The predicted molar refractivity (Wildman–Crippen MR) is 117 cm³/mol. The van der Waals surface area contributed by atoms with Gasteiger partial charge in [-0.1, -0.05) is 41.4 Å². The number of carbonyl (C=O) groups is 1. The molecule has 0 aliphatic rings. The van der Waals surface area contributed by atoms with Crippen molar-refractivity contribution < 1.29 is 4.79 Å². The summed E-state index contributed by atoms with van der Waals surface area (Å²) in [4.78, 5) is 31.7. The number of benzene rings is 2. The average molecular weight is 442 g/mol. The summed E-state index contributed by atoms with van der Waals surface area (Å²) in [7, 11) is 0. The minimum atomic E-state index is -0.214. The van der Waals surface area contributed by atoms with E-state index in [1.54, 1.807) is 47.3 Å². The molecular weight excluding hydrogens is 425 g/mol. The highest BCUT2D eigenvalue weighted by Crippen LogP contribution is 2.22.